The summed E-state index contributed by atoms with van der Waals surface area (Å²) < 4.78 is 18.3. The van der Waals surface area contributed by atoms with Gasteiger partial charge in [0.25, 0.3) is 0 Å². The summed E-state index contributed by atoms with van der Waals surface area (Å²) >= 11 is 0. The van der Waals surface area contributed by atoms with Crippen LogP contribution in [0.15, 0.2) is 18.2 Å². The van der Waals surface area contributed by atoms with E-state index in [9.17, 15) is 14.0 Å². The lowest BCUT2D eigenvalue weighted by Gasteiger charge is -2.29. The van der Waals surface area contributed by atoms with Gasteiger partial charge in [-0.2, -0.15) is 0 Å². The minimum atomic E-state index is -1.26. The van der Waals surface area contributed by atoms with Crippen molar-refractivity contribution in [1.29, 1.82) is 0 Å². The van der Waals surface area contributed by atoms with Gasteiger partial charge < -0.3 is 14.8 Å². The van der Waals surface area contributed by atoms with E-state index in [1.807, 2.05) is 0 Å². The molecule has 4 nitrogen and oxygen atoms in total. The number of hydrogen-bond acceptors (Lipinski definition) is 3. The molecule has 1 N–H and O–H groups in total. The van der Waals surface area contributed by atoms with Gasteiger partial charge in [-0.05, 0) is 57.9 Å². The molecule has 0 aliphatic rings. The predicted octanol–water partition coefficient (Wildman–Crippen LogP) is 3.07. The molecule has 1 aromatic rings. The van der Waals surface area contributed by atoms with E-state index >= 15 is 0 Å². The first-order valence-corrected chi connectivity index (χ1v) is 6.31. The van der Waals surface area contributed by atoms with Gasteiger partial charge in [0, 0.05) is 0 Å². The van der Waals surface area contributed by atoms with Crippen molar-refractivity contribution in [3.63, 3.8) is 0 Å². The summed E-state index contributed by atoms with van der Waals surface area (Å²) in [4.78, 5) is 23.2. The van der Waals surface area contributed by atoms with Gasteiger partial charge in [-0.25, -0.2) is 9.18 Å². The van der Waals surface area contributed by atoms with Crippen LogP contribution in [0.2, 0.25) is 0 Å². The number of halogens is 1. The lowest BCUT2D eigenvalue weighted by molar-refractivity contribution is -0.113. The highest BCUT2D eigenvalue weighted by molar-refractivity contribution is 5.78. The highest BCUT2D eigenvalue weighted by Crippen LogP contribution is 2.23. The first-order valence-electron chi connectivity index (χ1n) is 6.31. The lowest BCUT2D eigenvalue weighted by atomic mass is 9.90. The van der Waals surface area contributed by atoms with Crippen LogP contribution >= 0.6 is 0 Å². The molecular weight excluding hydrogens is 261 g/mol. The Labute approximate surface area is 118 Å². The summed E-state index contributed by atoms with van der Waals surface area (Å²) in [5, 5.41) is 2.52. The van der Waals surface area contributed by atoms with Crippen molar-refractivity contribution >= 4 is 12.4 Å². The van der Waals surface area contributed by atoms with E-state index in [0.29, 0.717) is 17.4 Å². The first kappa shape index (κ1) is 16.1. The van der Waals surface area contributed by atoms with Crippen molar-refractivity contribution < 1.29 is 18.7 Å². The highest BCUT2D eigenvalue weighted by Gasteiger charge is 2.31. The molecule has 110 valence electrons. The molecule has 1 atom stereocenters. The Hall–Kier alpha value is -1.91. The van der Waals surface area contributed by atoms with E-state index in [1.165, 1.54) is 18.2 Å². The zero-order valence-electron chi connectivity index (χ0n) is 12.4. The molecule has 1 unspecified atom stereocenters. The average Bonchev–Trinajstić information content (AvgIpc) is 2.25. The fourth-order valence-corrected chi connectivity index (χ4v) is 1.89. The van der Waals surface area contributed by atoms with Gasteiger partial charge in [0.15, 0.2) is 0 Å². The Kier molecular flexibility index (Phi) is 4.53. The van der Waals surface area contributed by atoms with Gasteiger partial charge in [0.1, 0.15) is 23.2 Å². The molecule has 0 saturated carbocycles. The van der Waals surface area contributed by atoms with E-state index in [4.69, 9.17) is 4.74 Å². The van der Waals surface area contributed by atoms with Crippen LogP contribution in [0.25, 0.3) is 0 Å². The van der Waals surface area contributed by atoms with E-state index < -0.39 is 23.1 Å². The molecule has 0 heterocycles. The smallest absolute Gasteiger partial charge is 0.408 e. The zero-order valence-corrected chi connectivity index (χ0v) is 12.4. The van der Waals surface area contributed by atoms with Crippen LogP contribution in [0.5, 0.6) is 0 Å². The van der Waals surface area contributed by atoms with Crippen LogP contribution in [0.4, 0.5) is 9.18 Å². The lowest BCUT2D eigenvalue weighted by Crippen LogP contribution is -2.47. The number of carbonyl (C=O) groups excluding carboxylic acids is 2. The number of benzene rings is 1. The molecule has 0 aromatic heterocycles. The minimum Gasteiger partial charge on any atom is -0.444 e. The number of aryl methyl sites for hydroxylation is 1. The van der Waals surface area contributed by atoms with E-state index in [0.717, 1.165) is 0 Å². The molecule has 1 rings (SSSR count). The Morgan fingerprint density at radius 2 is 1.90 bits per heavy atom. The normalized spacial score (nSPS) is 14.3. The molecule has 5 heteroatoms. The molecule has 0 radical (unpaired) electrons. The Balaban J connectivity index is 3.03. The van der Waals surface area contributed by atoms with Gasteiger partial charge in [-0.15, -0.1) is 0 Å². The third kappa shape index (κ3) is 4.05. The first-order chi connectivity index (χ1) is 9.07. The predicted molar refractivity (Wildman–Crippen MR) is 73.9 cm³/mol. The summed E-state index contributed by atoms with van der Waals surface area (Å²) in [7, 11) is 0. The van der Waals surface area contributed by atoms with Crippen LogP contribution in [0, 0.1) is 12.7 Å². The number of rotatable bonds is 3. The van der Waals surface area contributed by atoms with E-state index in [2.05, 4.69) is 5.32 Å². The molecule has 20 heavy (non-hydrogen) atoms. The van der Waals surface area contributed by atoms with E-state index in [-0.39, 0.29) is 0 Å². The zero-order chi connectivity index (χ0) is 15.6. The number of ether oxygens (including phenoxy) is 1. The number of carbonyl (C=O) groups is 2. The van der Waals surface area contributed by atoms with Gasteiger partial charge in [-0.3, -0.25) is 0 Å². The second-order valence-corrected chi connectivity index (χ2v) is 5.91. The standard InChI is InChI=1S/C15H20FNO3/c1-10-8-11(16)6-7-12(10)15(5,9-18)17-13(19)20-14(2,3)4/h6-9H,1-5H3,(H,17,19). The maximum Gasteiger partial charge on any atom is 0.408 e. The molecule has 0 saturated heterocycles. The van der Waals surface area contributed by atoms with Crippen molar-refractivity contribution in [3.8, 4) is 0 Å². The van der Waals surface area contributed by atoms with Crippen LogP contribution in [-0.4, -0.2) is 18.0 Å². The maximum absolute atomic E-state index is 13.1. The summed E-state index contributed by atoms with van der Waals surface area (Å²) in [6.07, 6.45) is -0.0900. The average molecular weight is 281 g/mol. The number of aldehydes is 1. The quantitative estimate of drug-likeness (QED) is 0.866. The second-order valence-electron chi connectivity index (χ2n) is 5.91. The number of nitrogens with one attached hydrogen (secondary N) is 1. The molecule has 0 fully saturated rings. The summed E-state index contributed by atoms with van der Waals surface area (Å²) in [5.74, 6) is -0.392. The Morgan fingerprint density at radius 3 is 2.35 bits per heavy atom. The van der Waals surface area contributed by atoms with Crippen LogP contribution in [0.1, 0.15) is 38.8 Å². The third-order valence-corrected chi connectivity index (χ3v) is 2.74. The molecule has 1 aromatic carbocycles. The number of alkyl carbamates (subject to hydrolysis) is 1. The van der Waals surface area contributed by atoms with Crippen molar-refractivity contribution in [2.24, 2.45) is 0 Å². The maximum atomic E-state index is 13.1. The molecular formula is C15H20FNO3. The summed E-state index contributed by atoms with van der Waals surface area (Å²) in [6.45, 7) is 8.41. The molecule has 0 aliphatic carbocycles. The van der Waals surface area contributed by atoms with Crippen molar-refractivity contribution in [2.75, 3.05) is 0 Å². The highest BCUT2D eigenvalue weighted by atomic mass is 19.1. The van der Waals surface area contributed by atoms with Gasteiger partial charge in [0.2, 0.25) is 0 Å². The van der Waals surface area contributed by atoms with Gasteiger partial charge in [-0.1, -0.05) is 6.07 Å². The second kappa shape index (κ2) is 5.61. The molecule has 1 amide bonds. The number of hydrogen-bond donors (Lipinski definition) is 1. The third-order valence-electron chi connectivity index (χ3n) is 2.74. The monoisotopic (exact) mass is 281 g/mol. The van der Waals surface area contributed by atoms with Crippen molar-refractivity contribution in [2.45, 2.75) is 45.8 Å². The summed E-state index contributed by atoms with van der Waals surface area (Å²) in [5.41, 5.74) is -0.818. The molecule has 0 spiro atoms. The van der Waals surface area contributed by atoms with Crippen LogP contribution < -0.4 is 5.32 Å². The van der Waals surface area contributed by atoms with Crippen LogP contribution in [0.3, 0.4) is 0 Å². The van der Waals surface area contributed by atoms with Gasteiger partial charge >= 0.3 is 6.09 Å². The van der Waals surface area contributed by atoms with Crippen molar-refractivity contribution in [3.05, 3.63) is 35.1 Å². The van der Waals surface area contributed by atoms with Crippen molar-refractivity contribution in [1.82, 2.24) is 5.32 Å². The molecule has 0 bridgehead atoms. The fourth-order valence-electron chi connectivity index (χ4n) is 1.89. The topological polar surface area (TPSA) is 55.4 Å². The summed E-state index contributed by atoms with van der Waals surface area (Å²) in [6, 6.07) is 4.05. The number of amides is 1. The van der Waals surface area contributed by atoms with Crippen LogP contribution in [-0.2, 0) is 15.1 Å². The van der Waals surface area contributed by atoms with E-state index in [1.54, 1.807) is 34.6 Å². The van der Waals surface area contributed by atoms with Gasteiger partial charge in [0.05, 0.1) is 0 Å². The SMILES string of the molecule is Cc1cc(F)ccc1C(C)(C=O)NC(=O)OC(C)(C)C. The molecule has 0 aliphatic heterocycles. The largest absolute Gasteiger partial charge is 0.444 e. The Morgan fingerprint density at radius 1 is 1.30 bits per heavy atom. The fraction of sp³-hybridized carbons (Fsp3) is 0.467. The Bertz CT molecular complexity index is 522. The minimum absolute atomic E-state index is 0.392.